The van der Waals surface area contributed by atoms with E-state index in [1.54, 1.807) is 24.3 Å². The number of ether oxygens (including phenoxy) is 1. The van der Waals surface area contributed by atoms with E-state index in [-0.39, 0.29) is 17.9 Å². The summed E-state index contributed by atoms with van der Waals surface area (Å²) in [5.41, 5.74) is 1.35. The topological polar surface area (TPSA) is 75.7 Å². The minimum atomic E-state index is -3.38. The van der Waals surface area contributed by atoms with Crippen molar-refractivity contribution in [1.82, 2.24) is 0 Å². The Balaban J connectivity index is 1.71. The second kappa shape index (κ2) is 8.39. The number of hydrogen-bond acceptors (Lipinski definition) is 4. The monoisotopic (exact) mass is 380 g/mol. The average molecular weight is 381 g/mol. The van der Waals surface area contributed by atoms with Crippen LogP contribution < -0.4 is 9.62 Å². The van der Waals surface area contributed by atoms with Crippen molar-refractivity contribution in [3.63, 3.8) is 0 Å². The zero-order valence-electron chi connectivity index (χ0n) is 15.3. The van der Waals surface area contributed by atoms with Gasteiger partial charge in [-0.2, -0.15) is 0 Å². The maximum Gasteiger partial charge on any atom is 0.232 e. The van der Waals surface area contributed by atoms with Gasteiger partial charge in [-0.1, -0.05) is 19.3 Å². The second-order valence-corrected chi connectivity index (χ2v) is 9.13. The van der Waals surface area contributed by atoms with Crippen LogP contribution in [0.2, 0.25) is 0 Å². The van der Waals surface area contributed by atoms with Gasteiger partial charge in [0, 0.05) is 30.9 Å². The van der Waals surface area contributed by atoms with Crippen LogP contribution in [-0.2, 0) is 19.6 Å². The van der Waals surface area contributed by atoms with Crippen LogP contribution in [0.25, 0.3) is 0 Å². The molecular formula is C19H28N2O4S. The Bertz CT molecular complexity index is 706. The molecule has 1 N–H and O–H groups in total. The Morgan fingerprint density at radius 3 is 2.23 bits per heavy atom. The second-order valence-electron chi connectivity index (χ2n) is 7.27. The maximum absolute atomic E-state index is 12.4. The standard InChI is InChI=1S/C19H28N2O4S/c1-26(23,24)21(18-11-13-25-14-12-18)17-9-7-16(8-10-17)20-19(22)15-5-3-2-4-6-15/h7-10,15,18H,2-6,11-14H2,1H3,(H,20,22). The van der Waals surface area contributed by atoms with Gasteiger partial charge in [0.15, 0.2) is 0 Å². The highest BCUT2D eigenvalue weighted by Gasteiger charge is 2.29. The fraction of sp³-hybridized carbons (Fsp3) is 0.632. The molecule has 0 atom stereocenters. The molecule has 2 fully saturated rings. The Morgan fingerprint density at radius 1 is 1.04 bits per heavy atom. The van der Waals surface area contributed by atoms with E-state index < -0.39 is 10.0 Å². The number of anilines is 2. The van der Waals surface area contributed by atoms with E-state index in [1.807, 2.05) is 0 Å². The number of carbonyl (C=O) groups is 1. The number of nitrogens with zero attached hydrogens (tertiary/aromatic N) is 1. The first kappa shape index (κ1) is 19.2. The SMILES string of the molecule is CS(=O)(=O)N(c1ccc(NC(=O)C2CCCCC2)cc1)C1CCOCC1. The van der Waals surface area contributed by atoms with Crippen molar-refractivity contribution in [3.05, 3.63) is 24.3 Å². The lowest BCUT2D eigenvalue weighted by atomic mass is 9.88. The third-order valence-electron chi connectivity index (χ3n) is 5.25. The molecule has 1 aliphatic heterocycles. The van der Waals surface area contributed by atoms with Gasteiger partial charge in [-0.05, 0) is 49.9 Å². The van der Waals surface area contributed by atoms with Crippen LogP contribution in [0.5, 0.6) is 0 Å². The lowest BCUT2D eigenvalue weighted by Crippen LogP contribution is -2.43. The fourth-order valence-corrected chi connectivity index (χ4v) is 5.15. The van der Waals surface area contributed by atoms with Crippen LogP contribution in [0.4, 0.5) is 11.4 Å². The van der Waals surface area contributed by atoms with E-state index in [4.69, 9.17) is 4.74 Å². The van der Waals surface area contributed by atoms with E-state index in [9.17, 15) is 13.2 Å². The number of nitrogens with one attached hydrogen (secondary N) is 1. The Kier molecular flexibility index (Phi) is 6.19. The molecule has 6 nitrogen and oxygen atoms in total. The smallest absolute Gasteiger partial charge is 0.232 e. The summed E-state index contributed by atoms with van der Waals surface area (Å²) < 4.78 is 31.5. The molecule has 0 bridgehead atoms. The third-order valence-corrected chi connectivity index (χ3v) is 6.47. The number of carbonyl (C=O) groups excluding carboxylic acids is 1. The molecule has 2 aliphatic rings. The summed E-state index contributed by atoms with van der Waals surface area (Å²) in [5, 5.41) is 2.97. The molecule has 1 heterocycles. The van der Waals surface area contributed by atoms with Crippen molar-refractivity contribution in [2.24, 2.45) is 5.92 Å². The van der Waals surface area contributed by atoms with Gasteiger partial charge >= 0.3 is 0 Å². The number of sulfonamides is 1. The summed E-state index contributed by atoms with van der Waals surface area (Å²) >= 11 is 0. The highest BCUT2D eigenvalue weighted by molar-refractivity contribution is 7.92. The molecule has 7 heteroatoms. The van der Waals surface area contributed by atoms with Crippen molar-refractivity contribution in [1.29, 1.82) is 0 Å². The van der Waals surface area contributed by atoms with E-state index >= 15 is 0 Å². The van der Waals surface area contributed by atoms with Gasteiger partial charge in [-0.3, -0.25) is 9.10 Å². The first-order chi connectivity index (χ1) is 12.4. The molecule has 1 saturated heterocycles. The largest absolute Gasteiger partial charge is 0.381 e. The van der Waals surface area contributed by atoms with Gasteiger partial charge < -0.3 is 10.1 Å². The number of amides is 1. The molecule has 1 aromatic rings. The Morgan fingerprint density at radius 2 is 1.65 bits per heavy atom. The van der Waals surface area contributed by atoms with Crippen LogP contribution in [-0.4, -0.2) is 39.8 Å². The van der Waals surface area contributed by atoms with E-state index in [0.717, 1.165) is 25.7 Å². The van der Waals surface area contributed by atoms with Gasteiger partial charge in [0.25, 0.3) is 0 Å². The maximum atomic E-state index is 12.4. The number of hydrogen-bond donors (Lipinski definition) is 1. The number of rotatable bonds is 5. The molecule has 0 unspecified atom stereocenters. The summed E-state index contributed by atoms with van der Waals surface area (Å²) in [6.45, 7) is 1.15. The Hall–Kier alpha value is -1.60. The molecule has 1 amide bonds. The van der Waals surface area contributed by atoms with Crippen LogP contribution in [0.3, 0.4) is 0 Å². The molecule has 1 aliphatic carbocycles. The first-order valence-corrected chi connectivity index (χ1v) is 11.3. The van der Waals surface area contributed by atoms with E-state index in [2.05, 4.69) is 5.32 Å². The quantitative estimate of drug-likeness (QED) is 0.851. The summed E-state index contributed by atoms with van der Waals surface area (Å²) in [6, 6.07) is 7.03. The summed E-state index contributed by atoms with van der Waals surface area (Å²) in [5.74, 6) is 0.167. The predicted molar refractivity (Wildman–Crippen MR) is 103 cm³/mol. The van der Waals surface area contributed by atoms with Crippen molar-refractivity contribution < 1.29 is 17.9 Å². The van der Waals surface area contributed by atoms with E-state index in [0.29, 0.717) is 37.4 Å². The van der Waals surface area contributed by atoms with Crippen molar-refractivity contribution >= 4 is 27.3 Å². The molecule has 0 radical (unpaired) electrons. The first-order valence-electron chi connectivity index (χ1n) is 9.43. The molecule has 1 saturated carbocycles. The van der Waals surface area contributed by atoms with Crippen LogP contribution >= 0.6 is 0 Å². The molecular weight excluding hydrogens is 352 g/mol. The van der Waals surface area contributed by atoms with Crippen LogP contribution in [0, 0.1) is 5.92 Å². The van der Waals surface area contributed by atoms with Crippen molar-refractivity contribution in [2.45, 2.75) is 51.0 Å². The Labute approximate surface area is 156 Å². The van der Waals surface area contributed by atoms with E-state index in [1.165, 1.54) is 17.0 Å². The molecule has 1 aromatic carbocycles. The average Bonchev–Trinajstić information content (AvgIpc) is 2.64. The molecule has 26 heavy (non-hydrogen) atoms. The predicted octanol–water partition coefficient (Wildman–Crippen LogP) is 3.15. The van der Waals surface area contributed by atoms with Gasteiger partial charge in [0.05, 0.1) is 11.9 Å². The number of benzene rings is 1. The molecule has 144 valence electrons. The fourth-order valence-electron chi connectivity index (χ4n) is 3.89. The molecule has 3 rings (SSSR count). The summed E-state index contributed by atoms with van der Waals surface area (Å²) in [4.78, 5) is 12.4. The normalized spacial score (nSPS) is 19.9. The van der Waals surface area contributed by atoms with Gasteiger partial charge in [0.1, 0.15) is 0 Å². The highest BCUT2D eigenvalue weighted by atomic mass is 32.2. The zero-order valence-corrected chi connectivity index (χ0v) is 16.1. The van der Waals surface area contributed by atoms with Crippen molar-refractivity contribution in [2.75, 3.05) is 29.1 Å². The van der Waals surface area contributed by atoms with Crippen LogP contribution in [0.1, 0.15) is 44.9 Å². The van der Waals surface area contributed by atoms with Gasteiger partial charge in [-0.15, -0.1) is 0 Å². The minimum absolute atomic E-state index is 0.0712. The lowest BCUT2D eigenvalue weighted by Gasteiger charge is -2.34. The summed E-state index contributed by atoms with van der Waals surface area (Å²) in [7, 11) is -3.38. The molecule has 0 spiro atoms. The van der Waals surface area contributed by atoms with Crippen LogP contribution in [0.15, 0.2) is 24.3 Å². The minimum Gasteiger partial charge on any atom is -0.381 e. The van der Waals surface area contributed by atoms with Gasteiger partial charge in [0.2, 0.25) is 15.9 Å². The van der Waals surface area contributed by atoms with Crippen molar-refractivity contribution in [3.8, 4) is 0 Å². The molecule has 0 aromatic heterocycles. The third kappa shape index (κ3) is 4.76. The highest BCUT2D eigenvalue weighted by Crippen LogP contribution is 2.28. The van der Waals surface area contributed by atoms with Gasteiger partial charge in [-0.25, -0.2) is 8.42 Å². The summed E-state index contributed by atoms with van der Waals surface area (Å²) in [6.07, 6.45) is 7.97. The zero-order chi connectivity index (χ0) is 18.6. The lowest BCUT2D eigenvalue weighted by molar-refractivity contribution is -0.120.